The van der Waals surface area contributed by atoms with Gasteiger partial charge in [-0.05, 0) is 20.8 Å². The van der Waals surface area contributed by atoms with Crippen LogP contribution in [0, 0.1) is 5.92 Å². The second kappa shape index (κ2) is 6.17. The van der Waals surface area contributed by atoms with E-state index in [9.17, 15) is 18.0 Å². The van der Waals surface area contributed by atoms with Gasteiger partial charge in [0.05, 0.1) is 25.2 Å². The van der Waals surface area contributed by atoms with E-state index in [1.165, 1.54) is 0 Å². The molecular weight excluding hydrogens is 277 g/mol. The Kier molecular flexibility index (Phi) is 5.26. The summed E-state index contributed by atoms with van der Waals surface area (Å²) in [5.41, 5.74) is 4.46. The van der Waals surface area contributed by atoms with Gasteiger partial charge in [-0.1, -0.05) is 0 Å². The molecule has 1 rings (SSSR count). The van der Waals surface area contributed by atoms with Crippen molar-refractivity contribution in [3.8, 4) is 0 Å². The first-order valence-corrected chi connectivity index (χ1v) is 6.40. The van der Waals surface area contributed by atoms with Crippen molar-refractivity contribution in [2.45, 2.75) is 38.6 Å². The Morgan fingerprint density at radius 3 is 2.50 bits per heavy atom. The molecule has 8 heteroatoms. The fourth-order valence-electron chi connectivity index (χ4n) is 2.01. The third-order valence-electron chi connectivity index (χ3n) is 2.93. The van der Waals surface area contributed by atoms with E-state index in [0.29, 0.717) is 0 Å². The highest BCUT2D eigenvalue weighted by molar-refractivity contribution is 5.68. The summed E-state index contributed by atoms with van der Waals surface area (Å²) in [7, 11) is 0. The van der Waals surface area contributed by atoms with E-state index in [2.05, 4.69) is 0 Å². The van der Waals surface area contributed by atoms with Gasteiger partial charge in [-0.25, -0.2) is 4.79 Å². The lowest BCUT2D eigenvalue weighted by Gasteiger charge is -2.40. The van der Waals surface area contributed by atoms with Gasteiger partial charge in [-0.3, -0.25) is 4.90 Å². The summed E-state index contributed by atoms with van der Waals surface area (Å²) in [4.78, 5) is 13.1. The molecule has 1 amide bonds. The van der Waals surface area contributed by atoms with Gasteiger partial charge in [0.1, 0.15) is 5.60 Å². The fraction of sp³-hybridized carbons (Fsp3) is 0.917. The smallest absolute Gasteiger partial charge is 0.410 e. The van der Waals surface area contributed by atoms with E-state index in [1.807, 2.05) is 0 Å². The van der Waals surface area contributed by atoms with Crippen molar-refractivity contribution in [3.63, 3.8) is 0 Å². The molecule has 1 fully saturated rings. The largest absolute Gasteiger partial charge is 0.444 e. The molecule has 0 aromatic carbocycles. The molecule has 1 saturated heterocycles. The van der Waals surface area contributed by atoms with Crippen LogP contribution >= 0.6 is 0 Å². The molecule has 0 aromatic rings. The molecule has 20 heavy (non-hydrogen) atoms. The number of rotatable bonds is 2. The van der Waals surface area contributed by atoms with Crippen molar-refractivity contribution in [2.75, 3.05) is 26.3 Å². The quantitative estimate of drug-likeness (QED) is 0.843. The zero-order valence-corrected chi connectivity index (χ0v) is 11.9. The zero-order chi connectivity index (χ0) is 15.6. The van der Waals surface area contributed by atoms with Crippen LogP contribution in [0.5, 0.6) is 0 Å². The molecule has 118 valence electrons. The summed E-state index contributed by atoms with van der Waals surface area (Å²) >= 11 is 0. The molecule has 0 bridgehead atoms. The molecule has 0 saturated carbocycles. The van der Waals surface area contributed by atoms with Crippen LogP contribution in [-0.4, -0.2) is 55.1 Å². The van der Waals surface area contributed by atoms with E-state index in [4.69, 9.17) is 15.2 Å². The first-order chi connectivity index (χ1) is 9.06. The second-order valence-electron chi connectivity index (χ2n) is 5.70. The molecular formula is C12H21F3N2O3. The lowest BCUT2D eigenvalue weighted by Crippen LogP contribution is -2.57. The Morgan fingerprint density at radius 2 is 2.05 bits per heavy atom. The molecule has 0 aromatic heterocycles. The molecule has 0 spiro atoms. The monoisotopic (exact) mass is 298 g/mol. The lowest BCUT2D eigenvalue weighted by atomic mass is 9.97. The Morgan fingerprint density at radius 1 is 1.45 bits per heavy atom. The third kappa shape index (κ3) is 4.52. The first-order valence-electron chi connectivity index (χ1n) is 6.40. The number of nitrogens with zero attached hydrogens (tertiary/aromatic N) is 1. The van der Waals surface area contributed by atoms with Gasteiger partial charge in [0.25, 0.3) is 0 Å². The SMILES string of the molecule is CC(C)(C)OC(=O)N1CCOCC1C(CN)C(F)(F)F. The number of ether oxygens (including phenoxy) is 2. The summed E-state index contributed by atoms with van der Waals surface area (Å²) in [6, 6.07) is -1.15. The van der Waals surface area contributed by atoms with E-state index in [-0.39, 0.29) is 19.8 Å². The Labute approximate surface area is 116 Å². The highest BCUT2D eigenvalue weighted by Crippen LogP contribution is 2.32. The van der Waals surface area contributed by atoms with Crippen LogP contribution in [-0.2, 0) is 9.47 Å². The minimum Gasteiger partial charge on any atom is -0.444 e. The number of carbonyl (C=O) groups is 1. The van der Waals surface area contributed by atoms with Crippen molar-refractivity contribution in [3.05, 3.63) is 0 Å². The van der Waals surface area contributed by atoms with Crippen molar-refractivity contribution in [1.29, 1.82) is 0 Å². The minimum absolute atomic E-state index is 0.0617. The summed E-state index contributed by atoms with van der Waals surface area (Å²) in [5, 5.41) is 0. The number of carbonyl (C=O) groups excluding carboxylic acids is 1. The standard InChI is InChI=1S/C12H21F3N2O3/c1-11(2,3)20-10(18)17-4-5-19-7-9(17)8(6-16)12(13,14)15/h8-9H,4-7,16H2,1-3H3. The van der Waals surface area contributed by atoms with Crippen LogP contribution < -0.4 is 5.73 Å². The molecule has 1 aliphatic rings. The van der Waals surface area contributed by atoms with E-state index in [0.717, 1.165) is 4.90 Å². The van der Waals surface area contributed by atoms with Gasteiger partial charge in [0, 0.05) is 13.1 Å². The van der Waals surface area contributed by atoms with Gasteiger partial charge >= 0.3 is 12.3 Å². The Hall–Kier alpha value is -1.02. The van der Waals surface area contributed by atoms with Crippen LogP contribution in [0.4, 0.5) is 18.0 Å². The topological polar surface area (TPSA) is 64.8 Å². The second-order valence-corrected chi connectivity index (χ2v) is 5.70. The van der Waals surface area contributed by atoms with Crippen molar-refractivity contribution < 1.29 is 27.4 Å². The van der Waals surface area contributed by atoms with Crippen molar-refractivity contribution in [1.82, 2.24) is 4.90 Å². The Bertz CT molecular complexity index is 342. The summed E-state index contributed by atoms with van der Waals surface area (Å²) in [6.07, 6.45) is -5.26. The highest BCUT2D eigenvalue weighted by Gasteiger charge is 2.48. The molecule has 0 aliphatic carbocycles. The van der Waals surface area contributed by atoms with Gasteiger partial charge in [0.2, 0.25) is 0 Å². The van der Waals surface area contributed by atoms with Gasteiger partial charge in [-0.2, -0.15) is 13.2 Å². The van der Waals surface area contributed by atoms with Crippen molar-refractivity contribution >= 4 is 6.09 Å². The third-order valence-corrected chi connectivity index (χ3v) is 2.93. The predicted octanol–water partition coefficient (Wildman–Crippen LogP) is 1.76. The summed E-state index contributed by atoms with van der Waals surface area (Å²) < 4.78 is 49.1. The number of amides is 1. The maximum atomic E-state index is 13.0. The Balaban J connectivity index is 2.88. The summed E-state index contributed by atoms with van der Waals surface area (Å²) in [5.74, 6) is -1.82. The molecule has 1 heterocycles. The van der Waals surface area contributed by atoms with Crippen LogP contribution in [0.2, 0.25) is 0 Å². The molecule has 1 aliphatic heterocycles. The average Bonchev–Trinajstić information content (AvgIpc) is 2.26. The maximum absolute atomic E-state index is 13.0. The number of hydrogen-bond donors (Lipinski definition) is 1. The maximum Gasteiger partial charge on any atom is 0.410 e. The van der Waals surface area contributed by atoms with Gasteiger partial charge in [-0.15, -0.1) is 0 Å². The number of nitrogens with two attached hydrogens (primary N) is 1. The van der Waals surface area contributed by atoms with E-state index >= 15 is 0 Å². The van der Waals surface area contributed by atoms with E-state index < -0.39 is 36.4 Å². The molecule has 2 unspecified atom stereocenters. The summed E-state index contributed by atoms with van der Waals surface area (Å²) in [6.45, 7) is 4.42. The molecule has 2 atom stereocenters. The number of morpholine rings is 1. The molecule has 2 N–H and O–H groups in total. The predicted molar refractivity (Wildman–Crippen MR) is 66.1 cm³/mol. The lowest BCUT2D eigenvalue weighted by molar-refractivity contribution is -0.198. The van der Waals surface area contributed by atoms with Crippen LogP contribution in [0.3, 0.4) is 0 Å². The zero-order valence-electron chi connectivity index (χ0n) is 11.9. The molecule has 5 nitrogen and oxygen atoms in total. The van der Waals surface area contributed by atoms with Crippen LogP contribution in [0.25, 0.3) is 0 Å². The van der Waals surface area contributed by atoms with Gasteiger partial charge in [0.15, 0.2) is 0 Å². The average molecular weight is 298 g/mol. The number of alkyl halides is 3. The van der Waals surface area contributed by atoms with Crippen molar-refractivity contribution in [2.24, 2.45) is 11.7 Å². The molecule has 0 radical (unpaired) electrons. The van der Waals surface area contributed by atoms with Crippen LogP contribution in [0.15, 0.2) is 0 Å². The number of halogens is 3. The van der Waals surface area contributed by atoms with E-state index in [1.54, 1.807) is 20.8 Å². The normalized spacial score (nSPS) is 22.6. The van der Waals surface area contributed by atoms with Crippen LogP contribution in [0.1, 0.15) is 20.8 Å². The minimum atomic E-state index is -4.49. The number of hydrogen-bond acceptors (Lipinski definition) is 4. The highest BCUT2D eigenvalue weighted by atomic mass is 19.4. The first kappa shape index (κ1) is 17.0. The van der Waals surface area contributed by atoms with Gasteiger partial charge < -0.3 is 15.2 Å². The fourth-order valence-corrected chi connectivity index (χ4v) is 2.01.